The Labute approximate surface area is 190 Å². The molecule has 0 unspecified atom stereocenters. The first-order valence-corrected chi connectivity index (χ1v) is 10.6. The van der Waals surface area contributed by atoms with Crippen LogP contribution in [0, 0.1) is 6.92 Å². The van der Waals surface area contributed by atoms with Gasteiger partial charge in [-0.2, -0.15) is 4.98 Å². The van der Waals surface area contributed by atoms with Crippen molar-refractivity contribution in [3.8, 4) is 11.6 Å². The number of urea groups is 1. The third-order valence-corrected chi connectivity index (χ3v) is 5.26. The van der Waals surface area contributed by atoms with Crippen molar-refractivity contribution in [1.29, 1.82) is 0 Å². The van der Waals surface area contributed by atoms with Crippen LogP contribution in [0.4, 0.5) is 16.4 Å². The molecular formula is C22H21Cl2N5O2. The number of hydrogen-bond donors (Lipinski definition) is 1. The fraction of sp³-hybridized carbons (Fsp3) is 0.227. The van der Waals surface area contributed by atoms with Gasteiger partial charge in [-0.1, -0.05) is 40.9 Å². The molecule has 0 atom stereocenters. The van der Waals surface area contributed by atoms with Crippen molar-refractivity contribution in [2.24, 2.45) is 0 Å². The monoisotopic (exact) mass is 457 g/mol. The molecule has 0 saturated carbocycles. The molecule has 2 amide bonds. The zero-order valence-electron chi connectivity index (χ0n) is 16.9. The number of halogens is 2. The van der Waals surface area contributed by atoms with E-state index in [0.717, 1.165) is 11.3 Å². The summed E-state index contributed by atoms with van der Waals surface area (Å²) in [6, 6.07) is 14.3. The van der Waals surface area contributed by atoms with Crippen molar-refractivity contribution in [3.63, 3.8) is 0 Å². The molecule has 1 aromatic heterocycles. The second kappa shape index (κ2) is 9.41. The van der Waals surface area contributed by atoms with Gasteiger partial charge in [0.2, 0.25) is 11.8 Å². The van der Waals surface area contributed by atoms with Gasteiger partial charge in [0.15, 0.2) is 0 Å². The Balaban J connectivity index is 1.35. The van der Waals surface area contributed by atoms with Crippen LogP contribution in [-0.2, 0) is 0 Å². The minimum atomic E-state index is -0.112. The third-order valence-electron chi connectivity index (χ3n) is 4.83. The van der Waals surface area contributed by atoms with Gasteiger partial charge in [0, 0.05) is 54.2 Å². The summed E-state index contributed by atoms with van der Waals surface area (Å²) in [5.41, 5.74) is 1.93. The SMILES string of the molecule is Cc1ccc(NC(=O)N2CCN(c3nccc(Oc4cc(Cl)cc(Cl)c4)n3)CC2)cc1. The molecule has 7 nitrogen and oxygen atoms in total. The highest BCUT2D eigenvalue weighted by Crippen LogP contribution is 2.28. The molecule has 1 aliphatic heterocycles. The lowest BCUT2D eigenvalue weighted by molar-refractivity contribution is 0.208. The number of aryl methyl sites for hydroxylation is 1. The van der Waals surface area contributed by atoms with E-state index in [1.165, 1.54) is 0 Å². The molecule has 160 valence electrons. The minimum absolute atomic E-state index is 0.112. The van der Waals surface area contributed by atoms with E-state index in [1.54, 1.807) is 35.4 Å². The molecule has 0 radical (unpaired) electrons. The zero-order valence-corrected chi connectivity index (χ0v) is 18.4. The first-order valence-electron chi connectivity index (χ1n) is 9.81. The summed E-state index contributed by atoms with van der Waals surface area (Å²) in [5.74, 6) is 1.44. The van der Waals surface area contributed by atoms with Gasteiger partial charge in [-0.25, -0.2) is 9.78 Å². The van der Waals surface area contributed by atoms with Gasteiger partial charge in [0.05, 0.1) is 0 Å². The molecular weight excluding hydrogens is 437 g/mol. The van der Waals surface area contributed by atoms with Crippen LogP contribution in [0.5, 0.6) is 11.6 Å². The number of carbonyl (C=O) groups is 1. The lowest BCUT2D eigenvalue weighted by atomic mass is 10.2. The summed E-state index contributed by atoms with van der Waals surface area (Å²) < 4.78 is 5.78. The number of piperazine rings is 1. The highest BCUT2D eigenvalue weighted by molar-refractivity contribution is 6.34. The molecule has 1 N–H and O–H groups in total. The molecule has 2 heterocycles. The molecule has 31 heavy (non-hydrogen) atoms. The summed E-state index contributed by atoms with van der Waals surface area (Å²) in [6.07, 6.45) is 1.64. The smallest absolute Gasteiger partial charge is 0.321 e. The normalized spacial score (nSPS) is 13.8. The minimum Gasteiger partial charge on any atom is -0.439 e. The lowest BCUT2D eigenvalue weighted by Gasteiger charge is -2.34. The summed E-state index contributed by atoms with van der Waals surface area (Å²) in [6.45, 7) is 4.38. The fourth-order valence-electron chi connectivity index (χ4n) is 3.20. The Morgan fingerprint density at radius 1 is 1.00 bits per heavy atom. The van der Waals surface area contributed by atoms with Crippen molar-refractivity contribution in [2.45, 2.75) is 6.92 Å². The van der Waals surface area contributed by atoms with E-state index in [1.807, 2.05) is 36.1 Å². The van der Waals surface area contributed by atoms with Gasteiger partial charge in [-0.15, -0.1) is 0 Å². The maximum absolute atomic E-state index is 12.5. The number of nitrogens with one attached hydrogen (secondary N) is 1. The van der Waals surface area contributed by atoms with Crippen LogP contribution < -0.4 is 15.0 Å². The average Bonchev–Trinajstić information content (AvgIpc) is 2.75. The van der Waals surface area contributed by atoms with Crippen molar-refractivity contribution >= 4 is 40.9 Å². The van der Waals surface area contributed by atoms with Crippen molar-refractivity contribution < 1.29 is 9.53 Å². The van der Waals surface area contributed by atoms with E-state index in [2.05, 4.69) is 15.3 Å². The zero-order chi connectivity index (χ0) is 21.8. The van der Waals surface area contributed by atoms with Crippen LogP contribution in [-0.4, -0.2) is 47.1 Å². The maximum Gasteiger partial charge on any atom is 0.321 e. The molecule has 3 aromatic rings. The number of benzene rings is 2. The highest BCUT2D eigenvalue weighted by Gasteiger charge is 2.23. The Kier molecular flexibility index (Phi) is 6.44. The summed E-state index contributed by atoms with van der Waals surface area (Å²) in [7, 11) is 0. The van der Waals surface area contributed by atoms with Crippen LogP contribution in [0.2, 0.25) is 10.0 Å². The van der Waals surface area contributed by atoms with E-state index in [4.69, 9.17) is 27.9 Å². The maximum atomic E-state index is 12.5. The van der Waals surface area contributed by atoms with Gasteiger partial charge < -0.3 is 19.9 Å². The van der Waals surface area contributed by atoms with Gasteiger partial charge in [0.25, 0.3) is 0 Å². The lowest BCUT2D eigenvalue weighted by Crippen LogP contribution is -2.50. The molecule has 0 bridgehead atoms. The molecule has 0 spiro atoms. The molecule has 2 aromatic carbocycles. The molecule has 1 saturated heterocycles. The predicted octanol–water partition coefficient (Wildman–Crippen LogP) is 5.24. The first kappa shape index (κ1) is 21.2. The molecule has 1 fully saturated rings. The Hall–Kier alpha value is -3.03. The molecule has 1 aliphatic rings. The Morgan fingerprint density at radius 2 is 1.68 bits per heavy atom. The number of aromatic nitrogens is 2. The quantitative estimate of drug-likeness (QED) is 0.579. The first-order chi connectivity index (χ1) is 15.0. The average molecular weight is 458 g/mol. The summed E-state index contributed by atoms with van der Waals surface area (Å²) in [4.78, 5) is 25.2. The molecule has 4 rings (SSSR count). The van der Waals surface area contributed by atoms with E-state index < -0.39 is 0 Å². The standard InChI is InChI=1S/C22H21Cl2N5O2/c1-15-2-4-18(5-3-15)26-22(30)29-10-8-28(9-11-29)21-25-7-6-20(27-21)31-19-13-16(23)12-17(24)14-19/h2-7,12-14H,8-11H2,1H3,(H,26,30). The van der Waals surface area contributed by atoms with Crippen molar-refractivity contribution in [1.82, 2.24) is 14.9 Å². The van der Waals surface area contributed by atoms with Crippen LogP contribution in [0.3, 0.4) is 0 Å². The number of rotatable bonds is 4. The highest BCUT2D eigenvalue weighted by atomic mass is 35.5. The van der Waals surface area contributed by atoms with E-state index in [9.17, 15) is 4.79 Å². The van der Waals surface area contributed by atoms with E-state index >= 15 is 0 Å². The number of amides is 2. The van der Waals surface area contributed by atoms with Crippen molar-refractivity contribution in [3.05, 3.63) is 70.3 Å². The number of nitrogens with zero attached hydrogens (tertiary/aromatic N) is 4. The topological polar surface area (TPSA) is 70.6 Å². The number of anilines is 2. The molecule has 0 aliphatic carbocycles. The third kappa shape index (κ3) is 5.57. The number of carbonyl (C=O) groups excluding carboxylic acids is 1. The summed E-state index contributed by atoms with van der Waals surface area (Å²) >= 11 is 12.0. The van der Waals surface area contributed by atoms with Crippen LogP contribution >= 0.6 is 23.2 Å². The second-order valence-electron chi connectivity index (χ2n) is 7.17. The summed E-state index contributed by atoms with van der Waals surface area (Å²) in [5, 5.41) is 3.90. The van der Waals surface area contributed by atoms with Gasteiger partial charge in [0.1, 0.15) is 5.75 Å². The second-order valence-corrected chi connectivity index (χ2v) is 8.05. The Bertz CT molecular complexity index is 1050. The van der Waals surface area contributed by atoms with Crippen LogP contribution in [0.15, 0.2) is 54.7 Å². The van der Waals surface area contributed by atoms with E-state index in [0.29, 0.717) is 53.8 Å². The van der Waals surface area contributed by atoms with Gasteiger partial charge in [-0.05, 0) is 37.3 Å². The van der Waals surface area contributed by atoms with Crippen molar-refractivity contribution in [2.75, 3.05) is 36.4 Å². The van der Waals surface area contributed by atoms with Crippen LogP contribution in [0.1, 0.15) is 5.56 Å². The number of hydrogen-bond acceptors (Lipinski definition) is 5. The predicted molar refractivity (Wildman–Crippen MR) is 123 cm³/mol. The van der Waals surface area contributed by atoms with Gasteiger partial charge in [-0.3, -0.25) is 0 Å². The number of ether oxygens (including phenoxy) is 1. The Morgan fingerprint density at radius 3 is 2.35 bits per heavy atom. The fourth-order valence-corrected chi connectivity index (χ4v) is 3.70. The molecule has 9 heteroatoms. The largest absolute Gasteiger partial charge is 0.439 e. The van der Waals surface area contributed by atoms with Crippen LogP contribution in [0.25, 0.3) is 0 Å². The van der Waals surface area contributed by atoms with E-state index in [-0.39, 0.29) is 6.03 Å². The van der Waals surface area contributed by atoms with Gasteiger partial charge >= 0.3 is 6.03 Å².